The van der Waals surface area contributed by atoms with Crippen molar-refractivity contribution in [2.75, 3.05) is 24.2 Å². The Kier molecular flexibility index (Phi) is 3.43. The second kappa shape index (κ2) is 4.81. The average molecular weight is 224 g/mol. The van der Waals surface area contributed by atoms with Crippen molar-refractivity contribution in [1.29, 1.82) is 0 Å². The predicted molar refractivity (Wildman–Crippen MR) is 63.2 cm³/mol. The third-order valence-corrected chi connectivity index (χ3v) is 3.15. The third kappa shape index (κ3) is 2.60. The van der Waals surface area contributed by atoms with Gasteiger partial charge in [0.25, 0.3) is 0 Å². The Balaban J connectivity index is 2.13. The zero-order valence-corrected chi connectivity index (χ0v) is 9.70. The summed E-state index contributed by atoms with van der Waals surface area (Å²) in [5, 5.41) is 0.826. The second-order valence-electron chi connectivity index (χ2n) is 3.75. The van der Waals surface area contributed by atoms with Crippen LogP contribution in [0.4, 0.5) is 5.82 Å². The Morgan fingerprint density at radius 2 is 2.47 bits per heavy atom. The first-order valence-electron chi connectivity index (χ1n) is 5.17. The molecule has 1 saturated heterocycles. The Labute approximate surface area is 94.3 Å². The van der Waals surface area contributed by atoms with Crippen molar-refractivity contribution in [1.82, 2.24) is 9.97 Å². The van der Waals surface area contributed by atoms with E-state index < -0.39 is 0 Å². The lowest BCUT2D eigenvalue weighted by atomic mass is 10.1. The summed E-state index contributed by atoms with van der Waals surface area (Å²) in [5.74, 6) is 1.00. The van der Waals surface area contributed by atoms with E-state index in [-0.39, 0.29) is 6.04 Å². The molecule has 1 aliphatic heterocycles. The van der Waals surface area contributed by atoms with Crippen LogP contribution in [0.5, 0.6) is 0 Å². The Morgan fingerprint density at radius 1 is 1.60 bits per heavy atom. The maximum absolute atomic E-state index is 5.94. The van der Waals surface area contributed by atoms with Crippen LogP contribution in [0.15, 0.2) is 17.4 Å². The molecule has 1 aromatic heterocycles. The summed E-state index contributed by atoms with van der Waals surface area (Å²) in [4.78, 5) is 10.9. The molecular weight excluding hydrogens is 208 g/mol. The summed E-state index contributed by atoms with van der Waals surface area (Å²) in [6, 6.07) is 2.24. The van der Waals surface area contributed by atoms with Gasteiger partial charge in [0.05, 0.1) is 0 Å². The lowest BCUT2D eigenvalue weighted by Crippen LogP contribution is -2.43. The summed E-state index contributed by atoms with van der Waals surface area (Å²) in [7, 11) is 0. The van der Waals surface area contributed by atoms with Crippen LogP contribution in [-0.2, 0) is 0 Å². The highest BCUT2D eigenvalue weighted by atomic mass is 32.2. The van der Waals surface area contributed by atoms with Gasteiger partial charge >= 0.3 is 0 Å². The van der Waals surface area contributed by atoms with Crippen molar-refractivity contribution < 1.29 is 0 Å². The van der Waals surface area contributed by atoms with Crippen LogP contribution >= 0.6 is 11.8 Å². The number of hydrogen-bond donors (Lipinski definition) is 1. The molecule has 1 aromatic rings. The zero-order chi connectivity index (χ0) is 10.7. The monoisotopic (exact) mass is 224 g/mol. The molecule has 4 nitrogen and oxygen atoms in total. The SMILES string of the molecule is CSc1nccc(N2CCC[C@@H](N)C2)n1. The number of hydrogen-bond acceptors (Lipinski definition) is 5. The zero-order valence-electron chi connectivity index (χ0n) is 8.89. The predicted octanol–water partition coefficient (Wildman–Crippen LogP) is 1.13. The largest absolute Gasteiger partial charge is 0.355 e. The van der Waals surface area contributed by atoms with E-state index in [9.17, 15) is 0 Å². The molecule has 1 aliphatic rings. The van der Waals surface area contributed by atoms with Crippen molar-refractivity contribution >= 4 is 17.6 Å². The fourth-order valence-corrected chi connectivity index (χ4v) is 2.18. The van der Waals surface area contributed by atoms with Crippen LogP contribution in [0.3, 0.4) is 0 Å². The van der Waals surface area contributed by atoms with Gasteiger partial charge in [0.2, 0.25) is 0 Å². The van der Waals surface area contributed by atoms with Gasteiger partial charge in [-0.2, -0.15) is 0 Å². The molecular formula is C10H16N4S. The summed E-state index contributed by atoms with van der Waals surface area (Å²) in [6.45, 7) is 1.96. The quantitative estimate of drug-likeness (QED) is 0.603. The maximum atomic E-state index is 5.94. The number of rotatable bonds is 2. The fourth-order valence-electron chi connectivity index (χ4n) is 1.82. The molecule has 2 heterocycles. The number of aromatic nitrogens is 2. The van der Waals surface area contributed by atoms with Gasteiger partial charge in [0.15, 0.2) is 5.16 Å². The van der Waals surface area contributed by atoms with Crippen molar-refractivity contribution in [2.45, 2.75) is 24.0 Å². The standard InChI is InChI=1S/C10H16N4S/c1-15-10-12-5-4-9(13-10)14-6-2-3-8(11)7-14/h4-5,8H,2-3,6-7,11H2,1H3/t8-/m1/s1. The first kappa shape index (κ1) is 10.7. The van der Waals surface area contributed by atoms with E-state index in [0.717, 1.165) is 36.9 Å². The van der Waals surface area contributed by atoms with Crippen molar-refractivity contribution in [2.24, 2.45) is 5.73 Å². The molecule has 0 saturated carbocycles. The Bertz CT molecular complexity index is 331. The Morgan fingerprint density at radius 3 is 3.20 bits per heavy atom. The first-order chi connectivity index (χ1) is 7.29. The molecule has 2 N–H and O–H groups in total. The molecule has 5 heteroatoms. The lowest BCUT2D eigenvalue weighted by molar-refractivity contribution is 0.502. The summed E-state index contributed by atoms with van der Waals surface area (Å²) < 4.78 is 0. The highest BCUT2D eigenvalue weighted by Gasteiger charge is 2.17. The molecule has 0 spiro atoms. The molecule has 15 heavy (non-hydrogen) atoms. The maximum Gasteiger partial charge on any atom is 0.189 e. The van der Waals surface area contributed by atoms with E-state index in [1.54, 1.807) is 11.8 Å². The van der Waals surface area contributed by atoms with Crippen molar-refractivity contribution in [3.05, 3.63) is 12.3 Å². The minimum Gasteiger partial charge on any atom is -0.355 e. The molecule has 0 aromatic carbocycles. The molecule has 2 rings (SSSR count). The van der Waals surface area contributed by atoms with Crippen LogP contribution in [0.1, 0.15) is 12.8 Å². The lowest BCUT2D eigenvalue weighted by Gasteiger charge is -2.31. The van der Waals surface area contributed by atoms with Gasteiger partial charge < -0.3 is 10.6 Å². The van der Waals surface area contributed by atoms with Gasteiger partial charge in [-0.05, 0) is 25.2 Å². The second-order valence-corrected chi connectivity index (χ2v) is 4.52. The molecule has 0 amide bonds. The van der Waals surface area contributed by atoms with Gasteiger partial charge in [-0.15, -0.1) is 0 Å². The molecule has 0 bridgehead atoms. The fraction of sp³-hybridized carbons (Fsp3) is 0.600. The smallest absolute Gasteiger partial charge is 0.189 e. The van der Waals surface area contributed by atoms with E-state index in [1.165, 1.54) is 0 Å². The van der Waals surface area contributed by atoms with Crippen LogP contribution in [0, 0.1) is 0 Å². The van der Waals surface area contributed by atoms with Gasteiger partial charge in [0.1, 0.15) is 5.82 Å². The van der Waals surface area contributed by atoms with Crippen molar-refractivity contribution in [3.63, 3.8) is 0 Å². The summed E-state index contributed by atoms with van der Waals surface area (Å²) >= 11 is 1.57. The van der Waals surface area contributed by atoms with E-state index in [4.69, 9.17) is 5.73 Å². The molecule has 0 aliphatic carbocycles. The number of nitrogens with two attached hydrogens (primary N) is 1. The summed E-state index contributed by atoms with van der Waals surface area (Å²) in [5.41, 5.74) is 5.94. The van der Waals surface area contributed by atoms with Gasteiger partial charge in [0, 0.05) is 25.3 Å². The highest BCUT2D eigenvalue weighted by molar-refractivity contribution is 7.98. The van der Waals surface area contributed by atoms with Gasteiger partial charge in [-0.25, -0.2) is 9.97 Å². The Hall–Kier alpha value is -0.810. The van der Waals surface area contributed by atoms with E-state index in [0.29, 0.717) is 0 Å². The number of piperidine rings is 1. The number of nitrogens with zero attached hydrogens (tertiary/aromatic N) is 3. The van der Waals surface area contributed by atoms with Gasteiger partial charge in [-0.3, -0.25) is 0 Å². The van der Waals surface area contributed by atoms with Crippen molar-refractivity contribution in [3.8, 4) is 0 Å². The molecule has 82 valence electrons. The van der Waals surface area contributed by atoms with Crippen LogP contribution in [0.2, 0.25) is 0 Å². The normalized spacial score (nSPS) is 21.7. The van der Waals surface area contributed by atoms with E-state index >= 15 is 0 Å². The minimum absolute atomic E-state index is 0.284. The first-order valence-corrected chi connectivity index (χ1v) is 6.39. The van der Waals surface area contributed by atoms with Crippen LogP contribution < -0.4 is 10.6 Å². The third-order valence-electron chi connectivity index (χ3n) is 2.58. The molecule has 1 atom stereocenters. The van der Waals surface area contributed by atoms with Crippen LogP contribution in [0.25, 0.3) is 0 Å². The average Bonchev–Trinajstić information content (AvgIpc) is 2.29. The van der Waals surface area contributed by atoms with E-state index in [2.05, 4.69) is 14.9 Å². The number of anilines is 1. The highest BCUT2D eigenvalue weighted by Crippen LogP contribution is 2.18. The van der Waals surface area contributed by atoms with E-state index in [1.807, 2.05) is 18.5 Å². The molecule has 0 unspecified atom stereocenters. The number of thioether (sulfide) groups is 1. The van der Waals surface area contributed by atoms with Crippen LogP contribution in [-0.4, -0.2) is 35.4 Å². The topological polar surface area (TPSA) is 55.0 Å². The molecule has 1 fully saturated rings. The van der Waals surface area contributed by atoms with Gasteiger partial charge in [-0.1, -0.05) is 11.8 Å². The summed E-state index contributed by atoms with van der Waals surface area (Å²) in [6.07, 6.45) is 6.08. The minimum atomic E-state index is 0.284. The molecule has 0 radical (unpaired) electrons.